The molecule has 1 saturated carbocycles. The van der Waals surface area contributed by atoms with Gasteiger partial charge < -0.3 is 10.1 Å². The van der Waals surface area contributed by atoms with E-state index in [9.17, 15) is 0 Å². The number of morpholine rings is 1. The fourth-order valence-corrected chi connectivity index (χ4v) is 4.77. The quantitative estimate of drug-likeness (QED) is 0.904. The van der Waals surface area contributed by atoms with Crippen molar-refractivity contribution in [3.8, 4) is 0 Å². The molecule has 1 aliphatic heterocycles. The lowest BCUT2D eigenvalue weighted by atomic mass is 9.88. The maximum absolute atomic E-state index is 6.06. The van der Waals surface area contributed by atoms with Crippen molar-refractivity contribution >= 4 is 0 Å². The minimum Gasteiger partial charge on any atom is -0.375 e. The predicted octanol–water partition coefficient (Wildman–Crippen LogP) is 2.52. The lowest BCUT2D eigenvalue weighted by molar-refractivity contribution is -0.105. The van der Waals surface area contributed by atoms with Crippen molar-refractivity contribution in [1.82, 2.24) is 10.2 Å². The molecule has 0 aromatic heterocycles. The van der Waals surface area contributed by atoms with Gasteiger partial charge in [-0.1, -0.05) is 37.1 Å². The number of likely N-dealkylation sites (N-methyl/N-ethyl adjacent to an activating group) is 1. The third-order valence-corrected chi connectivity index (χ3v) is 5.72. The molecule has 3 aliphatic rings. The number of hydrogen-bond donors (Lipinski definition) is 1. The summed E-state index contributed by atoms with van der Waals surface area (Å²) in [7, 11) is 2.11. The van der Waals surface area contributed by atoms with Gasteiger partial charge in [0.2, 0.25) is 0 Å². The first kappa shape index (κ1) is 13.7. The fourth-order valence-electron chi connectivity index (χ4n) is 4.77. The lowest BCUT2D eigenvalue weighted by Gasteiger charge is -2.47. The van der Waals surface area contributed by atoms with Gasteiger partial charge in [0.1, 0.15) is 0 Å². The summed E-state index contributed by atoms with van der Waals surface area (Å²) in [5.74, 6) is 0. The largest absolute Gasteiger partial charge is 0.375 e. The van der Waals surface area contributed by atoms with Crippen LogP contribution in [-0.4, -0.2) is 43.3 Å². The van der Waals surface area contributed by atoms with Gasteiger partial charge in [-0.05, 0) is 37.4 Å². The number of nitrogens with one attached hydrogen (secondary N) is 1. The van der Waals surface area contributed by atoms with E-state index >= 15 is 0 Å². The third-order valence-electron chi connectivity index (χ3n) is 5.72. The maximum atomic E-state index is 6.06. The molecule has 2 aliphatic carbocycles. The highest BCUT2D eigenvalue weighted by molar-refractivity contribution is 5.37. The average molecular weight is 286 g/mol. The van der Waals surface area contributed by atoms with Crippen LogP contribution >= 0.6 is 0 Å². The summed E-state index contributed by atoms with van der Waals surface area (Å²) in [6.07, 6.45) is 6.94. The van der Waals surface area contributed by atoms with E-state index < -0.39 is 0 Å². The molecule has 0 bridgehead atoms. The Morgan fingerprint density at radius 3 is 2.90 bits per heavy atom. The minimum absolute atomic E-state index is 0.474. The molecule has 4 unspecified atom stereocenters. The summed E-state index contributed by atoms with van der Waals surface area (Å²) in [5.41, 5.74) is 3.03. The molecule has 0 spiro atoms. The molecule has 2 fully saturated rings. The number of fused-ring (bicyclic) bond motifs is 2. The third kappa shape index (κ3) is 2.32. The SMILES string of the molecule is CNC1c2ccccc2CC1N1CCOC2CCCCC21. The van der Waals surface area contributed by atoms with Crippen LogP contribution in [0, 0.1) is 0 Å². The summed E-state index contributed by atoms with van der Waals surface area (Å²) < 4.78 is 6.06. The van der Waals surface area contributed by atoms with Crippen molar-refractivity contribution in [3.63, 3.8) is 0 Å². The lowest BCUT2D eigenvalue weighted by Crippen LogP contribution is -2.58. The maximum Gasteiger partial charge on any atom is 0.0731 e. The van der Waals surface area contributed by atoms with Crippen LogP contribution in [0.2, 0.25) is 0 Å². The molecule has 1 N–H and O–H groups in total. The zero-order chi connectivity index (χ0) is 14.2. The van der Waals surface area contributed by atoms with E-state index in [1.807, 2.05) is 0 Å². The van der Waals surface area contributed by atoms with Gasteiger partial charge in [-0.25, -0.2) is 0 Å². The molecule has 1 heterocycles. The first-order valence-corrected chi connectivity index (χ1v) is 8.51. The zero-order valence-electron chi connectivity index (χ0n) is 12.9. The Bertz CT molecular complexity index is 502. The van der Waals surface area contributed by atoms with Crippen molar-refractivity contribution in [2.45, 2.75) is 56.3 Å². The van der Waals surface area contributed by atoms with Crippen LogP contribution in [0.5, 0.6) is 0 Å². The Kier molecular flexibility index (Phi) is 3.74. The predicted molar refractivity (Wildman–Crippen MR) is 84.4 cm³/mol. The molecule has 0 amide bonds. The monoisotopic (exact) mass is 286 g/mol. The van der Waals surface area contributed by atoms with Gasteiger partial charge in [0.05, 0.1) is 12.7 Å². The van der Waals surface area contributed by atoms with Crippen LogP contribution in [0.3, 0.4) is 0 Å². The minimum atomic E-state index is 0.474. The fraction of sp³-hybridized carbons (Fsp3) is 0.667. The summed E-state index contributed by atoms with van der Waals surface area (Å²) in [5, 5.41) is 3.58. The second kappa shape index (κ2) is 5.71. The van der Waals surface area contributed by atoms with Crippen molar-refractivity contribution in [3.05, 3.63) is 35.4 Å². The van der Waals surface area contributed by atoms with E-state index in [1.165, 1.54) is 43.2 Å². The van der Waals surface area contributed by atoms with Crippen molar-refractivity contribution in [2.24, 2.45) is 0 Å². The highest BCUT2D eigenvalue weighted by atomic mass is 16.5. The van der Waals surface area contributed by atoms with Gasteiger partial charge in [-0.15, -0.1) is 0 Å². The second-order valence-corrected chi connectivity index (χ2v) is 6.74. The van der Waals surface area contributed by atoms with Gasteiger partial charge in [-0.2, -0.15) is 0 Å². The van der Waals surface area contributed by atoms with Crippen LogP contribution in [0.4, 0.5) is 0 Å². The highest BCUT2D eigenvalue weighted by Gasteiger charge is 2.42. The van der Waals surface area contributed by atoms with E-state index in [-0.39, 0.29) is 0 Å². The second-order valence-electron chi connectivity index (χ2n) is 6.74. The normalized spacial score (nSPS) is 36.2. The smallest absolute Gasteiger partial charge is 0.0731 e. The van der Waals surface area contributed by atoms with E-state index in [1.54, 1.807) is 0 Å². The summed E-state index contributed by atoms with van der Waals surface area (Å²) in [4.78, 5) is 2.77. The molecular formula is C18H26N2O. The topological polar surface area (TPSA) is 24.5 Å². The Morgan fingerprint density at radius 2 is 2.00 bits per heavy atom. The first-order valence-electron chi connectivity index (χ1n) is 8.51. The van der Waals surface area contributed by atoms with Crippen LogP contribution in [0.25, 0.3) is 0 Å². The standard InChI is InChI=1S/C18H26N2O/c1-19-18-14-7-3-2-6-13(14)12-16(18)20-10-11-21-17-9-5-4-8-15(17)20/h2-3,6-7,15-19H,4-5,8-12H2,1H3. The molecule has 114 valence electrons. The molecule has 4 atom stereocenters. The number of benzene rings is 1. The number of hydrogen-bond acceptors (Lipinski definition) is 3. The van der Waals surface area contributed by atoms with Crippen molar-refractivity contribution in [2.75, 3.05) is 20.2 Å². The first-order chi connectivity index (χ1) is 10.4. The molecule has 1 saturated heterocycles. The average Bonchev–Trinajstić information content (AvgIpc) is 2.92. The molecular weight excluding hydrogens is 260 g/mol. The summed E-state index contributed by atoms with van der Waals surface area (Å²) in [6, 6.07) is 10.7. The highest BCUT2D eigenvalue weighted by Crippen LogP contribution is 2.38. The van der Waals surface area contributed by atoms with Crippen molar-refractivity contribution in [1.29, 1.82) is 0 Å². The Morgan fingerprint density at radius 1 is 1.14 bits per heavy atom. The van der Waals surface area contributed by atoms with E-state index in [0.717, 1.165) is 13.2 Å². The van der Waals surface area contributed by atoms with E-state index in [4.69, 9.17) is 4.74 Å². The molecule has 3 nitrogen and oxygen atoms in total. The van der Waals surface area contributed by atoms with Gasteiger partial charge >= 0.3 is 0 Å². The molecule has 0 radical (unpaired) electrons. The van der Waals surface area contributed by atoms with E-state index in [0.29, 0.717) is 24.2 Å². The Labute approximate surface area is 127 Å². The van der Waals surface area contributed by atoms with E-state index in [2.05, 4.69) is 41.5 Å². The number of nitrogens with zero attached hydrogens (tertiary/aromatic N) is 1. The number of rotatable bonds is 2. The summed E-state index contributed by atoms with van der Waals surface area (Å²) >= 11 is 0. The van der Waals surface area contributed by atoms with Gasteiger partial charge in [-0.3, -0.25) is 4.90 Å². The Hall–Kier alpha value is -0.900. The van der Waals surface area contributed by atoms with Crippen LogP contribution in [-0.2, 0) is 11.2 Å². The zero-order valence-corrected chi connectivity index (χ0v) is 12.9. The molecule has 3 heteroatoms. The molecule has 21 heavy (non-hydrogen) atoms. The Balaban J connectivity index is 1.61. The molecule has 1 aromatic rings. The summed E-state index contributed by atoms with van der Waals surface area (Å²) in [6.45, 7) is 2.00. The molecule has 4 rings (SSSR count). The van der Waals surface area contributed by atoms with Crippen LogP contribution < -0.4 is 5.32 Å². The van der Waals surface area contributed by atoms with Gasteiger partial charge in [0.25, 0.3) is 0 Å². The van der Waals surface area contributed by atoms with Crippen LogP contribution in [0.15, 0.2) is 24.3 Å². The van der Waals surface area contributed by atoms with Crippen molar-refractivity contribution < 1.29 is 4.74 Å². The van der Waals surface area contributed by atoms with Crippen LogP contribution in [0.1, 0.15) is 42.9 Å². The van der Waals surface area contributed by atoms with Gasteiger partial charge in [0, 0.05) is 24.7 Å². The molecule has 1 aromatic carbocycles. The number of ether oxygens (including phenoxy) is 1. The van der Waals surface area contributed by atoms with Gasteiger partial charge in [0.15, 0.2) is 0 Å².